The molecular weight excluding hydrogens is 587 g/mol. The van der Waals surface area contributed by atoms with Crippen LogP contribution in [0.15, 0.2) is 65.6 Å². The molecule has 0 radical (unpaired) electrons. The smallest absolute Gasteiger partial charge is 0.416 e. The molecule has 6 nitrogen and oxygen atoms in total. The van der Waals surface area contributed by atoms with Gasteiger partial charge in [-0.05, 0) is 66.1 Å². The normalized spacial score (nSPS) is 14.6. The van der Waals surface area contributed by atoms with Crippen molar-refractivity contribution >= 4 is 57.9 Å². The van der Waals surface area contributed by atoms with Gasteiger partial charge in [-0.25, -0.2) is 4.79 Å². The van der Waals surface area contributed by atoms with Gasteiger partial charge in [0.25, 0.3) is 5.91 Å². The summed E-state index contributed by atoms with van der Waals surface area (Å²) in [6.07, 6.45) is -2.43. The van der Waals surface area contributed by atoms with Crippen molar-refractivity contribution in [3.05, 3.63) is 87.3 Å². The van der Waals surface area contributed by atoms with Crippen LogP contribution in [-0.2, 0) is 11.0 Å². The Morgan fingerprint density at radius 3 is 2.60 bits per heavy atom. The molecule has 0 aromatic heterocycles. The molecule has 1 heterocycles. The molecule has 0 saturated carbocycles. The van der Waals surface area contributed by atoms with Crippen molar-refractivity contribution in [2.45, 2.75) is 12.6 Å². The first kappa shape index (κ1) is 29.4. The maximum absolute atomic E-state index is 13.2. The zero-order chi connectivity index (χ0) is 29.0. The van der Waals surface area contributed by atoms with E-state index >= 15 is 0 Å². The lowest BCUT2D eigenvalue weighted by Gasteiger charge is -2.15. The summed E-state index contributed by atoms with van der Waals surface area (Å²) < 4.78 is 50.9. The number of ether oxygens (including phenoxy) is 2. The van der Waals surface area contributed by atoms with Gasteiger partial charge in [0.2, 0.25) is 0 Å². The van der Waals surface area contributed by atoms with Crippen LogP contribution in [0.4, 0.5) is 13.2 Å². The van der Waals surface area contributed by atoms with Crippen molar-refractivity contribution in [1.29, 1.82) is 0 Å². The molecule has 12 heteroatoms. The monoisotopic (exact) mass is 607 g/mol. The lowest BCUT2D eigenvalue weighted by Crippen LogP contribution is -2.29. The van der Waals surface area contributed by atoms with Crippen molar-refractivity contribution in [1.82, 2.24) is 4.90 Å². The summed E-state index contributed by atoms with van der Waals surface area (Å²) in [7, 11) is 1.41. The Labute approximate surface area is 242 Å². The minimum Gasteiger partial charge on any atom is -0.493 e. The highest BCUT2D eigenvalue weighted by atomic mass is 35.5. The Bertz CT molecular complexity index is 1510. The van der Waals surface area contributed by atoms with E-state index in [0.717, 1.165) is 23.9 Å². The van der Waals surface area contributed by atoms with E-state index in [0.29, 0.717) is 32.5 Å². The van der Waals surface area contributed by atoms with Crippen LogP contribution in [0, 0.1) is 0 Å². The molecule has 1 N–H and O–H groups in total. The number of halogens is 4. The van der Waals surface area contributed by atoms with Crippen LogP contribution in [0.5, 0.6) is 11.5 Å². The quantitative estimate of drug-likeness (QED) is 0.154. The van der Waals surface area contributed by atoms with Gasteiger partial charge in [-0.15, -0.1) is 0 Å². The van der Waals surface area contributed by atoms with Crippen LogP contribution >= 0.6 is 35.6 Å². The molecule has 3 aromatic carbocycles. The van der Waals surface area contributed by atoms with Crippen LogP contribution in [0.3, 0.4) is 0 Å². The van der Waals surface area contributed by atoms with Crippen molar-refractivity contribution < 1.29 is 37.3 Å². The van der Waals surface area contributed by atoms with Gasteiger partial charge in [0.15, 0.2) is 11.5 Å². The van der Waals surface area contributed by atoms with Crippen molar-refractivity contribution in [2.75, 3.05) is 20.3 Å². The molecule has 1 fully saturated rings. The summed E-state index contributed by atoms with van der Waals surface area (Å²) in [5.74, 6) is -0.722. The fourth-order valence-corrected chi connectivity index (χ4v) is 5.42. The number of thiocarbonyl (C=S) groups is 1. The lowest BCUT2D eigenvalue weighted by atomic mass is 10.0. The number of carbonyl (C=O) groups is 2. The average molecular weight is 608 g/mol. The maximum Gasteiger partial charge on any atom is 0.416 e. The van der Waals surface area contributed by atoms with E-state index in [1.54, 1.807) is 30.3 Å². The Morgan fingerprint density at radius 1 is 1.12 bits per heavy atom. The number of rotatable bonds is 9. The summed E-state index contributed by atoms with van der Waals surface area (Å²) in [5.41, 5.74) is 0.569. The van der Waals surface area contributed by atoms with Crippen LogP contribution in [0.2, 0.25) is 5.02 Å². The molecule has 1 saturated heterocycles. The molecule has 1 amide bonds. The van der Waals surface area contributed by atoms with E-state index in [9.17, 15) is 22.8 Å². The van der Waals surface area contributed by atoms with Crippen molar-refractivity contribution in [3.8, 4) is 22.6 Å². The van der Waals surface area contributed by atoms with Gasteiger partial charge in [-0.2, -0.15) is 13.2 Å². The van der Waals surface area contributed by atoms with Crippen molar-refractivity contribution in [2.24, 2.45) is 0 Å². The summed E-state index contributed by atoms with van der Waals surface area (Å²) in [6.45, 7) is 0.510. The van der Waals surface area contributed by atoms with Gasteiger partial charge >= 0.3 is 12.1 Å². The van der Waals surface area contributed by atoms with E-state index in [2.05, 4.69) is 0 Å². The van der Waals surface area contributed by atoms with E-state index in [4.69, 9.17) is 38.4 Å². The number of amides is 1. The number of alkyl halides is 3. The number of thioether (sulfide) groups is 1. The molecular formula is C28H21ClF3NO5S2. The average Bonchev–Trinajstić information content (AvgIpc) is 3.17. The molecule has 1 aliphatic rings. The highest BCUT2D eigenvalue weighted by Crippen LogP contribution is 2.37. The molecule has 0 atom stereocenters. The fourth-order valence-electron chi connectivity index (χ4n) is 3.89. The third-order valence-corrected chi connectivity index (χ3v) is 7.56. The van der Waals surface area contributed by atoms with E-state index in [-0.39, 0.29) is 41.0 Å². The predicted molar refractivity (Wildman–Crippen MR) is 152 cm³/mol. The molecule has 0 unspecified atom stereocenters. The number of methoxy groups -OCH3 is 1. The molecule has 3 aromatic rings. The number of carboxylic acids is 1. The number of hydrogen-bond donors (Lipinski definition) is 1. The van der Waals surface area contributed by atoms with Gasteiger partial charge in [-0.3, -0.25) is 9.69 Å². The predicted octanol–water partition coefficient (Wildman–Crippen LogP) is 7.40. The second-order valence-corrected chi connectivity index (χ2v) is 10.6. The molecule has 208 valence electrons. The highest BCUT2D eigenvalue weighted by Gasteiger charge is 2.32. The number of nitrogens with zero attached hydrogens (tertiary/aromatic N) is 1. The highest BCUT2D eigenvalue weighted by molar-refractivity contribution is 8.26. The molecule has 0 bridgehead atoms. The minimum absolute atomic E-state index is 0.0667. The topological polar surface area (TPSA) is 76.1 Å². The Morgan fingerprint density at radius 2 is 1.90 bits per heavy atom. The van der Waals surface area contributed by atoms with Gasteiger partial charge in [0.05, 0.1) is 29.7 Å². The Balaban J connectivity index is 1.42. The van der Waals surface area contributed by atoms with Crippen LogP contribution < -0.4 is 9.47 Å². The molecule has 0 spiro atoms. The second-order valence-electron chi connectivity index (χ2n) is 8.52. The molecule has 1 aliphatic heterocycles. The van der Waals surface area contributed by atoms with Gasteiger partial charge in [-0.1, -0.05) is 53.8 Å². The van der Waals surface area contributed by atoms with Crippen LogP contribution in [-0.4, -0.2) is 46.5 Å². The summed E-state index contributed by atoms with van der Waals surface area (Å²) in [4.78, 5) is 26.0. The Hall–Kier alpha value is -3.54. The first-order chi connectivity index (χ1) is 19.0. The summed E-state index contributed by atoms with van der Waals surface area (Å²) in [5, 5.41) is 9.29. The SMILES string of the molecule is COc1cc(C(=O)O)ccc1OCCCN1C(=O)/C(=C/c2cccc(-c3cc(C(F)(F)F)ccc3Cl)c2)SC1=S. The Kier molecular flexibility index (Phi) is 9.07. The largest absolute Gasteiger partial charge is 0.493 e. The third-order valence-electron chi connectivity index (χ3n) is 5.86. The van der Waals surface area contributed by atoms with Crippen molar-refractivity contribution in [3.63, 3.8) is 0 Å². The number of hydrogen-bond acceptors (Lipinski definition) is 6. The van der Waals surface area contributed by atoms with E-state index < -0.39 is 17.7 Å². The van der Waals surface area contributed by atoms with E-state index in [1.807, 2.05) is 0 Å². The minimum atomic E-state index is -4.51. The molecule has 4 rings (SSSR count). The first-order valence-corrected chi connectivity index (χ1v) is 13.3. The number of benzene rings is 3. The fraction of sp³-hybridized carbons (Fsp3) is 0.179. The lowest BCUT2D eigenvalue weighted by molar-refractivity contribution is -0.137. The number of aromatic carboxylic acids is 1. The van der Waals surface area contributed by atoms with Gasteiger partial charge < -0.3 is 14.6 Å². The summed E-state index contributed by atoms with van der Waals surface area (Å²) in [6, 6.07) is 14.1. The second kappa shape index (κ2) is 12.3. The van der Waals surface area contributed by atoms with Crippen LogP contribution in [0.25, 0.3) is 17.2 Å². The number of carboxylic acid groups (broad SMARTS) is 1. The zero-order valence-electron chi connectivity index (χ0n) is 20.8. The zero-order valence-corrected chi connectivity index (χ0v) is 23.2. The van der Waals surface area contributed by atoms with E-state index in [1.165, 1.54) is 36.3 Å². The standard InChI is InChI=1S/C28H21ClF3NO5S2/c1-37-23-14-18(26(35)36)6-9-22(23)38-11-3-10-33-25(34)24(40-27(33)39)13-16-4-2-5-17(12-16)20-15-19(28(30,31)32)7-8-21(20)29/h2,4-9,12-15H,3,10-11H2,1H3,(H,35,36)/b24-13-. The summed E-state index contributed by atoms with van der Waals surface area (Å²) >= 11 is 12.7. The van der Waals surface area contributed by atoms with Gasteiger partial charge in [0, 0.05) is 17.1 Å². The van der Waals surface area contributed by atoms with Gasteiger partial charge in [0.1, 0.15) is 4.32 Å². The molecule has 40 heavy (non-hydrogen) atoms. The number of carbonyl (C=O) groups excluding carboxylic acids is 1. The maximum atomic E-state index is 13.2. The molecule has 0 aliphatic carbocycles. The first-order valence-electron chi connectivity index (χ1n) is 11.7. The van der Waals surface area contributed by atoms with Crippen LogP contribution in [0.1, 0.15) is 27.9 Å². The third kappa shape index (κ3) is 6.78.